The van der Waals surface area contributed by atoms with Crippen molar-refractivity contribution in [2.24, 2.45) is 0 Å². The average Bonchev–Trinajstić information content (AvgIpc) is 2.36. The van der Waals surface area contributed by atoms with E-state index in [2.05, 4.69) is 11.9 Å². The summed E-state index contributed by atoms with van der Waals surface area (Å²) >= 11 is 0. The van der Waals surface area contributed by atoms with Gasteiger partial charge in [-0.3, -0.25) is 10.1 Å². The van der Waals surface area contributed by atoms with Gasteiger partial charge in [-0.2, -0.15) is 13.2 Å². The number of nitrogens with one attached hydrogen (secondary N) is 1. The van der Waals surface area contributed by atoms with Crippen LogP contribution in [0.2, 0.25) is 0 Å². The summed E-state index contributed by atoms with van der Waals surface area (Å²) in [7, 11) is 0. The van der Waals surface area contributed by atoms with Gasteiger partial charge in [0.2, 0.25) is 0 Å². The number of rotatable bonds is 7. The Hall–Kier alpha value is -2.09. The maximum absolute atomic E-state index is 12.5. The van der Waals surface area contributed by atoms with Gasteiger partial charge in [-0.1, -0.05) is 12.2 Å². The van der Waals surface area contributed by atoms with Crippen LogP contribution in [0.4, 0.5) is 24.5 Å². The molecule has 0 atom stereocenters. The quantitative estimate of drug-likeness (QED) is 0.362. The number of ether oxygens (including phenoxy) is 1. The molecule has 0 fully saturated rings. The first-order valence-corrected chi connectivity index (χ1v) is 6.03. The molecule has 0 bridgehead atoms. The largest absolute Gasteiger partial charge is 0.416 e. The van der Waals surface area contributed by atoms with Crippen LogP contribution in [0.1, 0.15) is 12.5 Å². The van der Waals surface area contributed by atoms with Gasteiger partial charge in [0, 0.05) is 12.6 Å². The lowest BCUT2D eigenvalue weighted by atomic mass is 10.1. The molecule has 0 radical (unpaired) electrons. The predicted molar refractivity (Wildman–Crippen MR) is 72.2 cm³/mol. The molecule has 116 valence electrons. The Balaban J connectivity index is 2.74. The minimum atomic E-state index is -4.62. The second kappa shape index (κ2) is 7.07. The molecule has 0 aliphatic rings. The van der Waals surface area contributed by atoms with Crippen LogP contribution in [0, 0.1) is 10.1 Å². The first-order chi connectivity index (χ1) is 9.71. The van der Waals surface area contributed by atoms with Crippen molar-refractivity contribution in [1.29, 1.82) is 0 Å². The van der Waals surface area contributed by atoms with E-state index in [1.54, 1.807) is 6.92 Å². The maximum Gasteiger partial charge on any atom is 0.416 e. The van der Waals surface area contributed by atoms with Crippen molar-refractivity contribution in [2.75, 3.05) is 25.1 Å². The monoisotopic (exact) mass is 304 g/mol. The number of nitrogens with zero attached hydrogens (tertiary/aromatic N) is 1. The molecule has 0 aliphatic heterocycles. The van der Waals surface area contributed by atoms with Crippen molar-refractivity contribution in [3.8, 4) is 0 Å². The van der Waals surface area contributed by atoms with Crippen LogP contribution in [0.5, 0.6) is 0 Å². The van der Waals surface area contributed by atoms with Gasteiger partial charge in [0.05, 0.1) is 23.7 Å². The summed E-state index contributed by atoms with van der Waals surface area (Å²) in [5, 5.41) is 13.5. The van der Waals surface area contributed by atoms with Gasteiger partial charge in [-0.15, -0.1) is 0 Å². The molecule has 21 heavy (non-hydrogen) atoms. The summed E-state index contributed by atoms with van der Waals surface area (Å²) in [6, 6.07) is 2.35. The number of alkyl halides is 3. The highest BCUT2D eigenvalue weighted by atomic mass is 19.4. The third-order valence-corrected chi connectivity index (χ3v) is 2.43. The zero-order valence-corrected chi connectivity index (χ0v) is 11.4. The Morgan fingerprint density at radius 2 is 2.14 bits per heavy atom. The summed E-state index contributed by atoms with van der Waals surface area (Å²) in [5.41, 5.74) is -0.828. The van der Waals surface area contributed by atoms with Gasteiger partial charge >= 0.3 is 6.18 Å². The lowest BCUT2D eigenvalue weighted by Gasteiger charge is -2.10. The van der Waals surface area contributed by atoms with Gasteiger partial charge in [0.25, 0.3) is 5.69 Å². The zero-order chi connectivity index (χ0) is 16.0. The minimum absolute atomic E-state index is 0.0203. The third-order valence-electron chi connectivity index (χ3n) is 2.43. The number of hydrogen-bond acceptors (Lipinski definition) is 4. The van der Waals surface area contributed by atoms with Crippen molar-refractivity contribution in [2.45, 2.75) is 13.1 Å². The van der Waals surface area contributed by atoms with Crippen LogP contribution in [0.3, 0.4) is 0 Å². The molecule has 1 rings (SSSR count). The van der Waals surface area contributed by atoms with Crippen molar-refractivity contribution in [1.82, 2.24) is 0 Å². The fraction of sp³-hybridized carbons (Fsp3) is 0.385. The Bertz CT molecular complexity index is 530. The normalized spacial score (nSPS) is 11.2. The molecule has 0 aromatic heterocycles. The van der Waals surface area contributed by atoms with E-state index in [0.717, 1.165) is 17.7 Å². The summed E-state index contributed by atoms with van der Waals surface area (Å²) in [6.45, 7) is 6.27. The zero-order valence-electron chi connectivity index (χ0n) is 11.4. The molecule has 0 saturated heterocycles. The van der Waals surface area contributed by atoms with Crippen molar-refractivity contribution in [3.05, 3.63) is 46.0 Å². The van der Waals surface area contributed by atoms with E-state index in [4.69, 9.17) is 4.74 Å². The number of hydrogen-bond donors (Lipinski definition) is 1. The molecule has 1 aromatic rings. The fourth-order valence-electron chi connectivity index (χ4n) is 1.51. The number of halogens is 3. The van der Waals surface area contributed by atoms with Gasteiger partial charge in [-0.25, -0.2) is 0 Å². The summed E-state index contributed by atoms with van der Waals surface area (Å²) in [5.74, 6) is 0. The smallest absolute Gasteiger partial charge is 0.377 e. The number of nitro benzene ring substituents is 1. The Morgan fingerprint density at radius 1 is 1.48 bits per heavy atom. The van der Waals surface area contributed by atoms with E-state index in [1.165, 1.54) is 0 Å². The minimum Gasteiger partial charge on any atom is -0.377 e. The molecule has 8 heteroatoms. The Labute approximate surface area is 119 Å². The summed E-state index contributed by atoms with van der Waals surface area (Å²) < 4.78 is 42.7. The SMILES string of the molecule is C=C(C)COCCNc1ccc(C(F)(F)F)cc1[N+](=O)[O-]. The molecule has 0 aliphatic carbocycles. The van der Waals surface area contributed by atoms with Crippen molar-refractivity contribution in [3.63, 3.8) is 0 Å². The molecule has 0 spiro atoms. The van der Waals surface area contributed by atoms with E-state index < -0.39 is 22.4 Å². The average molecular weight is 304 g/mol. The molecule has 1 N–H and O–H groups in total. The summed E-state index contributed by atoms with van der Waals surface area (Å²) in [4.78, 5) is 9.98. The molecule has 0 amide bonds. The Morgan fingerprint density at radius 3 is 2.67 bits per heavy atom. The number of anilines is 1. The van der Waals surface area contributed by atoms with Crippen LogP contribution in [-0.4, -0.2) is 24.7 Å². The maximum atomic E-state index is 12.5. The van der Waals surface area contributed by atoms with Crippen LogP contribution < -0.4 is 5.32 Å². The molecule has 0 saturated carbocycles. The predicted octanol–water partition coefficient (Wildman–Crippen LogP) is 3.62. The van der Waals surface area contributed by atoms with E-state index in [1.807, 2.05) is 0 Å². The molecule has 0 heterocycles. The molecular weight excluding hydrogens is 289 g/mol. The molecular formula is C13H15F3N2O3. The first-order valence-electron chi connectivity index (χ1n) is 6.03. The molecule has 0 unspecified atom stereocenters. The van der Waals surface area contributed by atoms with Crippen LogP contribution in [-0.2, 0) is 10.9 Å². The highest BCUT2D eigenvalue weighted by Gasteiger charge is 2.32. The van der Waals surface area contributed by atoms with E-state index in [9.17, 15) is 23.3 Å². The first kappa shape index (κ1) is 17.0. The van der Waals surface area contributed by atoms with Gasteiger partial charge in [0.1, 0.15) is 5.69 Å². The van der Waals surface area contributed by atoms with Crippen LogP contribution >= 0.6 is 0 Å². The van der Waals surface area contributed by atoms with Gasteiger partial charge in [-0.05, 0) is 19.1 Å². The van der Waals surface area contributed by atoms with E-state index in [-0.39, 0.29) is 18.8 Å². The van der Waals surface area contributed by atoms with Crippen molar-refractivity contribution >= 4 is 11.4 Å². The van der Waals surface area contributed by atoms with Gasteiger partial charge in [0.15, 0.2) is 0 Å². The van der Waals surface area contributed by atoms with Crippen LogP contribution in [0.25, 0.3) is 0 Å². The summed E-state index contributed by atoms with van der Waals surface area (Å²) in [6.07, 6.45) is -4.62. The standard InChI is InChI=1S/C13H15F3N2O3/c1-9(2)8-21-6-5-17-11-4-3-10(13(14,15)16)7-12(11)18(19)20/h3-4,7,17H,1,5-6,8H2,2H3. The second-order valence-electron chi connectivity index (χ2n) is 4.42. The lowest BCUT2D eigenvalue weighted by Crippen LogP contribution is -2.12. The lowest BCUT2D eigenvalue weighted by molar-refractivity contribution is -0.384. The van der Waals surface area contributed by atoms with Gasteiger partial charge < -0.3 is 10.1 Å². The van der Waals surface area contributed by atoms with E-state index in [0.29, 0.717) is 12.7 Å². The topological polar surface area (TPSA) is 64.4 Å². The fourth-order valence-corrected chi connectivity index (χ4v) is 1.51. The highest BCUT2D eigenvalue weighted by molar-refractivity contribution is 5.62. The highest BCUT2D eigenvalue weighted by Crippen LogP contribution is 2.34. The van der Waals surface area contributed by atoms with Crippen LogP contribution in [0.15, 0.2) is 30.4 Å². The molecule has 5 nitrogen and oxygen atoms in total. The molecule has 1 aromatic carbocycles. The number of nitro groups is 1. The Kier molecular flexibility index (Phi) is 5.71. The number of benzene rings is 1. The second-order valence-corrected chi connectivity index (χ2v) is 4.42. The van der Waals surface area contributed by atoms with E-state index >= 15 is 0 Å². The van der Waals surface area contributed by atoms with Crippen molar-refractivity contribution < 1.29 is 22.8 Å². The third kappa shape index (κ3) is 5.42.